The monoisotopic (exact) mass is 399 g/mol. The quantitative estimate of drug-likeness (QED) is 0.635. The van der Waals surface area contributed by atoms with Crippen molar-refractivity contribution in [1.82, 2.24) is 14.9 Å². The summed E-state index contributed by atoms with van der Waals surface area (Å²) in [6.45, 7) is 5.92. The number of unbranched alkanes of at least 4 members (excludes halogenated alkanes) is 1. The molecule has 5 heteroatoms. The van der Waals surface area contributed by atoms with Crippen molar-refractivity contribution in [2.75, 3.05) is 18.0 Å². The number of fused-ring (bicyclic) bond motifs is 1. The molecule has 1 atom stereocenters. The first-order valence-corrected chi connectivity index (χ1v) is 10.8. The summed E-state index contributed by atoms with van der Waals surface area (Å²) in [7, 11) is 0. The first-order chi connectivity index (χ1) is 14.8. The second-order valence-electron chi connectivity index (χ2n) is 8.08. The molecule has 4 rings (SSSR count). The summed E-state index contributed by atoms with van der Waals surface area (Å²) in [6.07, 6.45) is 7.01. The first kappa shape index (κ1) is 20.2. The van der Waals surface area contributed by atoms with Gasteiger partial charge in [0.15, 0.2) is 0 Å². The first-order valence-electron chi connectivity index (χ1n) is 10.8. The van der Waals surface area contributed by atoms with E-state index in [0.717, 1.165) is 43.9 Å². The van der Waals surface area contributed by atoms with Gasteiger partial charge in [0, 0.05) is 31.0 Å². The summed E-state index contributed by atoms with van der Waals surface area (Å²) in [4.78, 5) is 12.5. The van der Waals surface area contributed by atoms with Gasteiger partial charge in [-0.25, -0.2) is 4.98 Å². The molecule has 30 heavy (non-hydrogen) atoms. The van der Waals surface area contributed by atoms with Crippen LogP contribution >= 0.6 is 0 Å². The molecule has 1 N–H and O–H groups in total. The van der Waals surface area contributed by atoms with Gasteiger partial charge in [-0.2, -0.15) is 5.26 Å². The standard InChI is InChI=1S/C25H29N5/c1-2-3-11-29-16-22-12-21(14-26)9-10-25(22)30(17-23-15-27-19-28-23)18-24(29)13-20-7-5-4-6-8-20/h4-10,12,15,19,24H,2-3,11,13,16-18H2,1H3,(H,27,28)/t24-/m1/s1. The molecule has 0 amide bonds. The van der Waals surface area contributed by atoms with Crippen LogP contribution in [0.1, 0.15) is 42.1 Å². The fraction of sp³-hybridized carbons (Fsp3) is 0.360. The Morgan fingerprint density at radius 2 is 2.07 bits per heavy atom. The van der Waals surface area contributed by atoms with E-state index in [1.807, 2.05) is 12.3 Å². The van der Waals surface area contributed by atoms with E-state index in [4.69, 9.17) is 0 Å². The maximum atomic E-state index is 9.45. The lowest BCUT2D eigenvalue weighted by Crippen LogP contribution is -2.43. The molecule has 0 saturated carbocycles. The van der Waals surface area contributed by atoms with Crippen LogP contribution < -0.4 is 4.90 Å². The molecule has 5 nitrogen and oxygen atoms in total. The molecular weight excluding hydrogens is 370 g/mol. The van der Waals surface area contributed by atoms with Crippen molar-refractivity contribution in [2.24, 2.45) is 0 Å². The maximum Gasteiger partial charge on any atom is 0.0991 e. The van der Waals surface area contributed by atoms with Gasteiger partial charge in [-0.05, 0) is 48.7 Å². The molecule has 3 aromatic rings. The molecule has 154 valence electrons. The molecule has 0 saturated heterocycles. The minimum Gasteiger partial charge on any atom is -0.364 e. The zero-order chi connectivity index (χ0) is 20.8. The predicted octanol–water partition coefficient (Wildman–Crippen LogP) is 4.51. The van der Waals surface area contributed by atoms with E-state index in [1.165, 1.54) is 29.7 Å². The average Bonchev–Trinajstić information content (AvgIpc) is 3.24. The van der Waals surface area contributed by atoms with Gasteiger partial charge >= 0.3 is 0 Å². The number of anilines is 1. The zero-order valence-electron chi connectivity index (χ0n) is 17.6. The van der Waals surface area contributed by atoms with Crippen LogP contribution in [0, 0.1) is 11.3 Å². The maximum absolute atomic E-state index is 9.45. The zero-order valence-corrected chi connectivity index (χ0v) is 17.6. The summed E-state index contributed by atoms with van der Waals surface area (Å²) in [6, 6.07) is 19.6. The molecule has 0 bridgehead atoms. The van der Waals surface area contributed by atoms with Gasteiger partial charge in [-0.3, -0.25) is 4.90 Å². The van der Waals surface area contributed by atoms with Crippen LogP contribution in [0.3, 0.4) is 0 Å². The van der Waals surface area contributed by atoms with Gasteiger partial charge in [-0.15, -0.1) is 0 Å². The van der Waals surface area contributed by atoms with Gasteiger partial charge in [0.05, 0.1) is 30.2 Å². The molecule has 0 aliphatic carbocycles. The van der Waals surface area contributed by atoms with Crippen LogP contribution in [-0.4, -0.2) is 34.0 Å². The molecule has 0 unspecified atom stereocenters. The van der Waals surface area contributed by atoms with E-state index in [2.05, 4.69) is 75.2 Å². The Kier molecular flexibility index (Phi) is 6.46. The minimum absolute atomic E-state index is 0.403. The van der Waals surface area contributed by atoms with E-state index in [0.29, 0.717) is 6.04 Å². The summed E-state index contributed by atoms with van der Waals surface area (Å²) < 4.78 is 0. The normalized spacial score (nSPS) is 16.7. The van der Waals surface area contributed by atoms with Crippen molar-refractivity contribution >= 4 is 5.69 Å². The Bertz CT molecular complexity index is 975. The topological polar surface area (TPSA) is 59.0 Å². The number of nitrogens with zero attached hydrogens (tertiary/aromatic N) is 4. The van der Waals surface area contributed by atoms with Crippen LogP contribution in [0.4, 0.5) is 5.69 Å². The Morgan fingerprint density at radius 1 is 1.20 bits per heavy atom. The Hall–Kier alpha value is -3.10. The fourth-order valence-electron chi connectivity index (χ4n) is 4.34. The second kappa shape index (κ2) is 9.60. The van der Waals surface area contributed by atoms with Crippen LogP contribution in [0.25, 0.3) is 0 Å². The number of nitrogens with one attached hydrogen (secondary N) is 1. The third-order valence-electron chi connectivity index (χ3n) is 5.90. The van der Waals surface area contributed by atoms with E-state index < -0.39 is 0 Å². The summed E-state index contributed by atoms with van der Waals surface area (Å²) in [5.74, 6) is 0. The van der Waals surface area contributed by atoms with E-state index in [1.54, 1.807) is 6.33 Å². The van der Waals surface area contributed by atoms with E-state index in [9.17, 15) is 5.26 Å². The van der Waals surface area contributed by atoms with Gasteiger partial charge in [0.1, 0.15) is 0 Å². The predicted molar refractivity (Wildman–Crippen MR) is 120 cm³/mol. The summed E-state index contributed by atoms with van der Waals surface area (Å²) in [5.41, 5.74) is 5.66. The smallest absolute Gasteiger partial charge is 0.0991 e. The van der Waals surface area contributed by atoms with Crippen molar-refractivity contribution < 1.29 is 0 Å². The highest BCUT2D eigenvalue weighted by Crippen LogP contribution is 2.30. The number of hydrogen-bond donors (Lipinski definition) is 1. The number of H-pyrrole nitrogens is 1. The number of nitriles is 1. The molecule has 1 aliphatic rings. The van der Waals surface area contributed by atoms with Gasteiger partial charge in [-0.1, -0.05) is 43.7 Å². The molecule has 0 radical (unpaired) electrons. The van der Waals surface area contributed by atoms with Crippen molar-refractivity contribution in [1.29, 1.82) is 5.26 Å². The third-order valence-corrected chi connectivity index (χ3v) is 5.90. The number of aromatic nitrogens is 2. The van der Waals surface area contributed by atoms with Gasteiger partial charge < -0.3 is 9.88 Å². The van der Waals surface area contributed by atoms with Crippen molar-refractivity contribution in [3.63, 3.8) is 0 Å². The van der Waals surface area contributed by atoms with E-state index >= 15 is 0 Å². The van der Waals surface area contributed by atoms with Crippen molar-refractivity contribution in [3.8, 4) is 6.07 Å². The van der Waals surface area contributed by atoms with Crippen LogP contribution in [0.5, 0.6) is 0 Å². The summed E-state index contributed by atoms with van der Waals surface area (Å²) in [5, 5.41) is 9.45. The molecule has 1 aromatic heterocycles. The van der Waals surface area contributed by atoms with Gasteiger partial charge in [0.2, 0.25) is 0 Å². The molecule has 2 heterocycles. The van der Waals surface area contributed by atoms with Gasteiger partial charge in [0.25, 0.3) is 0 Å². The summed E-state index contributed by atoms with van der Waals surface area (Å²) >= 11 is 0. The van der Waals surface area contributed by atoms with Crippen LogP contribution in [0.2, 0.25) is 0 Å². The fourth-order valence-corrected chi connectivity index (χ4v) is 4.34. The second-order valence-corrected chi connectivity index (χ2v) is 8.08. The number of imidazole rings is 1. The number of rotatable bonds is 7. The minimum atomic E-state index is 0.403. The Morgan fingerprint density at radius 3 is 2.80 bits per heavy atom. The largest absolute Gasteiger partial charge is 0.364 e. The average molecular weight is 400 g/mol. The SMILES string of the molecule is CCCCN1Cc2cc(C#N)ccc2N(Cc2cnc[nH]2)C[C@H]1Cc1ccccc1. The number of aromatic amines is 1. The Balaban J connectivity index is 1.69. The van der Waals surface area contributed by atoms with E-state index in [-0.39, 0.29) is 0 Å². The third kappa shape index (κ3) is 4.72. The molecular formula is C25H29N5. The van der Waals surface area contributed by atoms with Crippen LogP contribution in [-0.2, 0) is 19.5 Å². The lowest BCUT2D eigenvalue weighted by atomic mass is 10.0. The highest BCUT2D eigenvalue weighted by atomic mass is 15.2. The lowest BCUT2D eigenvalue weighted by molar-refractivity contribution is 0.190. The number of benzene rings is 2. The highest BCUT2D eigenvalue weighted by molar-refractivity contribution is 5.58. The lowest BCUT2D eigenvalue weighted by Gasteiger charge is -2.32. The molecule has 2 aromatic carbocycles. The van der Waals surface area contributed by atoms with Crippen LogP contribution in [0.15, 0.2) is 61.1 Å². The highest BCUT2D eigenvalue weighted by Gasteiger charge is 2.28. The number of hydrogen-bond acceptors (Lipinski definition) is 4. The molecule has 0 fully saturated rings. The Labute approximate surface area is 179 Å². The molecule has 1 aliphatic heterocycles. The molecule has 0 spiro atoms. The van der Waals surface area contributed by atoms with Crippen molar-refractivity contribution in [3.05, 3.63) is 83.4 Å². The van der Waals surface area contributed by atoms with Crippen molar-refractivity contribution in [2.45, 2.75) is 45.3 Å².